The first kappa shape index (κ1) is 13.8. The van der Waals surface area contributed by atoms with Crippen LogP contribution in [-0.4, -0.2) is 42.6 Å². The van der Waals surface area contributed by atoms with E-state index in [4.69, 9.17) is 0 Å². The van der Waals surface area contributed by atoms with Gasteiger partial charge >= 0.3 is 0 Å². The van der Waals surface area contributed by atoms with Crippen LogP contribution >= 0.6 is 0 Å². The Balaban J connectivity index is 0.000000686. The maximum atomic E-state index is 3.30. The third-order valence-electron chi connectivity index (χ3n) is 3.13. The molecule has 0 radical (unpaired) electrons. The Bertz CT molecular complexity index is 317. The van der Waals surface area contributed by atoms with Gasteiger partial charge in [0.15, 0.2) is 0 Å². The lowest BCUT2D eigenvalue weighted by molar-refractivity contribution is 0.198. The zero-order chi connectivity index (χ0) is 12.8. The normalized spacial score (nSPS) is 28.1. The quantitative estimate of drug-likeness (QED) is 0.751. The summed E-state index contributed by atoms with van der Waals surface area (Å²) in [6.45, 7) is 7.20. The van der Waals surface area contributed by atoms with Gasteiger partial charge in [0.25, 0.3) is 0 Å². The molecule has 3 nitrogen and oxygen atoms in total. The van der Waals surface area contributed by atoms with Crippen LogP contribution in [0.2, 0.25) is 0 Å². The first-order chi connectivity index (χ1) is 8.18. The SMILES string of the molecule is CC.CC1NC=CC(C2=CC=CN(C)C2)N1C. The van der Waals surface area contributed by atoms with E-state index in [1.54, 1.807) is 0 Å². The molecule has 0 saturated carbocycles. The minimum absolute atomic E-state index is 0.400. The van der Waals surface area contributed by atoms with Crippen LogP contribution in [0.4, 0.5) is 0 Å². The third kappa shape index (κ3) is 3.37. The van der Waals surface area contributed by atoms with E-state index in [1.165, 1.54) is 5.57 Å². The smallest absolute Gasteiger partial charge is 0.0764 e. The van der Waals surface area contributed by atoms with Crippen molar-refractivity contribution in [1.82, 2.24) is 15.1 Å². The lowest BCUT2D eigenvalue weighted by Crippen LogP contribution is -2.49. The molecular weight excluding hydrogens is 210 g/mol. The number of nitrogens with one attached hydrogen (secondary N) is 1. The highest BCUT2D eigenvalue weighted by Crippen LogP contribution is 2.19. The fraction of sp³-hybridized carbons (Fsp3) is 0.571. The highest BCUT2D eigenvalue weighted by atomic mass is 15.3. The summed E-state index contributed by atoms with van der Waals surface area (Å²) in [5, 5.41) is 3.30. The van der Waals surface area contributed by atoms with E-state index in [0.717, 1.165) is 6.54 Å². The van der Waals surface area contributed by atoms with E-state index in [9.17, 15) is 0 Å². The minimum Gasteiger partial charge on any atom is -0.376 e. The molecule has 2 aliphatic heterocycles. The lowest BCUT2D eigenvalue weighted by atomic mass is 10.0. The van der Waals surface area contributed by atoms with Crippen LogP contribution in [0.25, 0.3) is 0 Å². The summed E-state index contributed by atoms with van der Waals surface area (Å²) < 4.78 is 0. The van der Waals surface area contributed by atoms with E-state index in [2.05, 4.69) is 66.8 Å². The summed E-state index contributed by atoms with van der Waals surface area (Å²) in [6.07, 6.45) is 11.1. The van der Waals surface area contributed by atoms with Gasteiger partial charge in [0, 0.05) is 13.6 Å². The first-order valence-electron chi connectivity index (χ1n) is 6.40. The van der Waals surface area contributed by atoms with Crippen molar-refractivity contribution in [3.05, 3.63) is 36.2 Å². The number of hydrogen-bond acceptors (Lipinski definition) is 3. The second kappa shape index (κ2) is 6.50. The third-order valence-corrected chi connectivity index (χ3v) is 3.13. The van der Waals surface area contributed by atoms with E-state index in [0.29, 0.717) is 12.2 Å². The predicted octanol–water partition coefficient (Wildman–Crippen LogP) is 2.16. The van der Waals surface area contributed by atoms with Gasteiger partial charge in [0.2, 0.25) is 0 Å². The van der Waals surface area contributed by atoms with Crippen molar-refractivity contribution >= 4 is 0 Å². The van der Waals surface area contributed by atoms with Crippen LogP contribution < -0.4 is 5.32 Å². The van der Waals surface area contributed by atoms with Crippen molar-refractivity contribution in [2.75, 3.05) is 20.6 Å². The molecule has 0 spiro atoms. The van der Waals surface area contributed by atoms with Crippen LogP contribution in [0.3, 0.4) is 0 Å². The van der Waals surface area contributed by atoms with Crippen LogP contribution in [0, 0.1) is 0 Å². The molecule has 3 heteroatoms. The van der Waals surface area contributed by atoms with E-state index >= 15 is 0 Å². The van der Waals surface area contributed by atoms with Gasteiger partial charge in [0.1, 0.15) is 0 Å². The van der Waals surface area contributed by atoms with Crippen molar-refractivity contribution in [3.63, 3.8) is 0 Å². The molecule has 2 aliphatic rings. The van der Waals surface area contributed by atoms with Crippen LogP contribution in [-0.2, 0) is 0 Å². The second-order valence-electron chi connectivity index (χ2n) is 4.31. The molecule has 17 heavy (non-hydrogen) atoms. The molecule has 0 bridgehead atoms. The van der Waals surface area contributed by atoms with Crippen molar-refractivity contribution in [3.8, 4) is 0 Å². The zero-order valence-corrected chi connectivity index (χ0v) is 11.6. The standard InChI is InChI=1S/C12H19N3.C2H6/c1-10-13-7-6-12(15(10)3)11-5-4-8-14(2)9-11;1-2/h4-8,10,12-13H,9H2,1-3H3;1-2H3. The number of rotatable bonds is 1. The minimum atomic E-state index is 0.400. The van der Waals surface area contributed by atoms with Gasteiger partial charge in [-0.1, -0.05) is 19.9 Å². The van der Waals surface area contributed by atoms with Gasteiger partial charge < -0.3 is 10.2 Å². The number of allylic oxidation sites excluding steroid dienone is 2. The van der Waals surface area contributed by atoms with Gasteiger partial charge in [-0.2, -0.15) is 0 Å². The Labute approximate surface area is 105 Å². The molecule has 0 aromatic heterocycles. The molecule has 0 aromatic rings. The van der Waals surface area contributed by atoms with Crippen LogP contribution in [0.1, 0.15) is 20.8 Å². The van der Waals surface area contributed by atoms with Crippen molar-refractivity contribution < 1.29 is 0 Å². The molecule has 1 N–H and O–H groups in total. The summed E-state index contributed by atoms with van der Waals surface area (Å²) in [5.41, 5.74) is 1.45. The van der Waals surface area contributed by atoms with Crippen LogP contribution in [0.15, 0.2) is 36.2 Å². The average Bonchev–Trinajstić information content (AvgIpc) is 2.35. The molecule has 0 fully saturated rings. The van der Waals surface area contributed by atoms with E-state index in [-0.39, 0.29) is 0 Å². The first-order valence-corrected chi connectivity index (χ1v) is 6.40. The van der Waals surface area contributed by atoms with Gasteiger partial charge in [-0.05, 0) is 44.1 Å². The fourth-order valence-corrected chi connectivity index (χ4v) is 2.06. The van der Waals surface area contributed by atoms with Crippen molar-refractivity contribution in [2.24, 2.45) is 0 Å². The maximum absolute atomic E-state index is 3.30. The van der Waals surface area contributed by atoms with E-state index < -0.39 is 0 Å². The molecule has 0 saturated heterocycles. The summed E-state index contributed by atoms with van der Waals surface area (Å²) in [4.78, 5) is 4.56. The van der Waals surface area contributed by atoms with Crippen molar-refractivity contribution in [1.29, 1.82) is 0 Å². The van der Waals surface area contributed by atoms with Gasteiger partial charge in [-0.3, -0.25) is 4.90 Å². The predicted molar refractivity (Wildman–Crippen MR) is 74.5 cm³/mol. The number of likely N-dealkylation sites (N-methyl/N-ethyl adjacent to an activating group) is 2. The fourth-order valence-electron chi connectivity index (χ4n) is 2.06. The second-order valence-corrected chi connectivity index (χ2v) is 4.31. The molecule has 2 rings (SSSR count). The van der Waals surface area contributed by atoms with Crippen molar-refractivity contribution in [2.45, 2.75) is 33.0 Å². The molecule has 2 heterocycles. The molecule has 0 aliphatic carbocycles. The monoisotopic (exact) mass is 235 g/mol. The topological polar surface area (TPSA) is 18.5 Å². The maximum Gasteiger partial charge on any atom is 0.0764 e. The highest BCUT2D eigenvalue weighted by molar-refractivity contribution is 5.28. The zero-order valence-electron chi connectivity index (χ0n) is 11.6. The molecule has 96 valence electrons. The Kier molecular flexibility index (Phi) is 5.29. The Morgan fingerprint density at radius 1 is 1.29 bits per heavy atom. The summed E-state index contributed by atoms with van der Waals surface area (Å²) in [6, 6.07) is 0.425. The van der Waals surface area contributed by atoms with Crippen LogP contribution in [0.5, 0.6) is 0 Å². The Hall–Kier alpha value is -1.22. The van der Waals surface area contributed by atoms with Gasteiger partial charge in [-0.15, -0.1) is 0 Å². The molecule has 2 atom stereocenters. The Morgan fingerprint density at radius 2 is 2.00 bits per heavy atom. The number of nitrogens with zero attached hydrogens (tertiary/aromatic N) is 2. The summed E-state index contributed by atoms with van der Waals surface area (Å²) >= 11 is 0. The molecule has 0 amide bonds. The lowest BCUT2D eigenvalue weighted by Gasteiger charge is -2.38. The largest absolute Gasteiger partial charge is 0.376 e. The summed E-state index contributed by atoms with van der Waals surface area (Å²) in [5.74, 6) is 0. The van der Waals surface area contributed by atoms with Gasteiger partial charge in [0.05, 0.1) is 12.2 Å². The highest BCUT2D eigenvalue weighted by Gasteiger charge is 2.24. The van der Waals surface area contributed by atoms with E-state index in [1.807, 2.05) is 13.8 Å². The molecule has 2 unspecified atom stereocenters. The molecule has 0 aromatic carbocycles. The molecular formula is C14H25N3. The number of hydrogen-bond donors (Lipinski definition) is 1. The average molecular weight is 235 g/mol. The Morgan fingerprint density at radius 3 is 2.65 bits per heavy atom. The summed E-state index contributed by atoms with van der Waals surface area (Å²) in [7, 11) is 4.27. The van der Waals surface area contributed by atoms with Gasteiger partial charge in [-0.25, -0.2) is 0 Å².